The van der Waals surface area contributed by atoms with Gasteiger partial charge in [-0.15, -0.1) is 0 Å². The van der Waals surface area contributed by atoms with E-state index in [2.05, 4.69) is 31.2 Å². The van der Waals surface area contributed by atoms with Crippen molar-refractivity contribution in [3.05, 3.63) is 65.2 Å². The van der Waals surface area contributed by atoms with Gasteiger partial charge >= 0.3 is 11.9 Å². The van der Waals surface area contributed by atoms with E-state index in [-0.39, 0.29) is 23.5 Å². The van der Waals surface area contributed by atoms with Crippen LogP contribution in [-0.4, -0.2) is 18.0 Å². The second-order valence-corrected chi connectivity index (χ2v) is 10.5. The Morgan fingerprint density at radius 1 is 1.03 bits per heavy atom. The molecule has 33 heavy (non-hydrogen) atoms. The Morgan fingerprint density at radius 3 is 2.64 bits per heavy atom. The lowest BCUT2D eigenvalue weighted by Gasteiger charge is -2.50. The highest BCUT2D eigenvalue weighted by molar-refractivity contribution is 5.70. The molecule has 2 fully saturated rings. The Bertz CT molecular complexity index is 1030. The molecule has 0 aromatic heterocycles. The average molecular weight is 447 g/mol. The number of esters is 2. The zero-order valence-corrected chi connectivity index (χ0v) is 19.7. The van der Waals surface area contributed by atoms with Gasteiger partial charge in [0.05, 0.1) is 0 Å². The summed E-state index contributed by atoms with van der Waals surface area (Å²) >= 11 is 0. The lowest BCUT2D eigenvalue weighted by molar-refractivity contribution is -0.157. The van der Waals surface area contributed by atoms with Crippen LogP contribution in [0.5, 0.6) is 5.75 Å². The molecule has 5 rings (SSSR count). The summed E-state index contributed by atoms with van der Waals surface area (Å²) in [5.74, 6) is 2.13. The third-order valence-corrected chi connectivity index (χ3v) is 8.61. The van der Waals surface area contributed by atoms with Gasteiger partial charge in [0.2, 0.25) is 0 Å². The zero-order chi connectivity index (χ0) is 23.0. The molecule has 0 heterocycles. The third kappa shape index (κ3) is 4.32. The Morgan fingerprint density at radius 2 is 1.85 bits per heavy atom. The van der Waals surface area contributed by atoms with Crippen molar-refractivity contribution in [2.45, 2.75) is 77.2 Å². The van der Waals surface area contributed by atoms with Crippen LogP contribution in [0.2, 0.25) is 0 Å². The summed E-state index contributed by atoms with van der Waals surface area (Å²) in [6.45, 7) is 3.82. The summed E-state index contributed by atoms with van der Waals surface area (Å²) in [5.41, 5.74) is 4.04. The van der Waals surface area contributed by atoms with Gasteiger partial charge in [-0.05, 0) is 91.5 Å². The van der Waals surface area contributed by atoms with Gasteiger partial charge in [-0.25, -0.2) is 0 Å². The molecule has 4 nitrogen and oxygen atoms in total. The molecule has 5 atom stereocenters. The molecule has 2 aromatic rings. The van der Waals surface area contributed by atoms with Crippen molar-refractivity contribution in [1.82, 2.24) is 0 Å². The number of benzene rings is 2. The summed E-state index contributed by atoms with van der Waals surface area (Å²) < 4.78 is 11.4. The van der Waals surface area contributed by atoms with E-state index in [1.54, 1.807) is 0 Å². The maximum atomic E-state index is 12.7. The number of rotatable bonds is 5. The minimum absolute atomic E-state index is 0.0412. The number of hydrogen-bond donors (Lipinski definition) is 0. The predicted octanol–water partition coefficient (Wildman–Crippen LogP) is 6.01. The predicted molar refractivity (Wildman–Crippen MR) is 127 cm³/mol. The maximum Gasteiger partial charge on any atom is 0.308 e. The summed E-state index contributed by atoms with van der Waals surface area (Å²) in [4.78, 5) is 24.0. The molecule has 0 amide bonds. The van der Waals surface area contributed by atoms with Gasteiger partial charge in [0, 0.05) is 18.8 Å². The van der Waals surface area contributed by atoms with Crippen LogP contribution in [0.3, 0.4) is 0 Å². The second-order valence-electron chi connectivity index (χ2n) is 10.5. The molecule has 0 unspecified atom stereocenters. The van der Waals surface area contributed by atoms with Crippen molar-refractivity contribution in [3.63, 3.8) is 0 Å². The van der Waals surface area contributed by atoms with Crippen molar-refractivity contribution in [3.8, 4) is 5.75 Å². The maximum absolute atomic E-state index is 12.7. The van der Waals surface area contributed by atoms with Gasteiger partial charge in [-0.1, -0.05) is 43.3 Å². The van der Waals surface area contributed by atoms with Crippen LogP contribution in [-0.2, 0) is 27.2 Å². The number of fused-ring (bicyclic) bond motifs is 5. The lowest BCUT2D eigenvalue weighted by Crippen LogP contribution is -2.45. The van der Waals surface area contributed by atoms with E-state index in [0.717, 1.165) is 44.9 Å². The lowest BCUT2D eigenvalue weighted by atomic mass is 9.55. The van der Waals surface area contributed by atoms with Gasteiger partial charge < -0.3 is 9.47 Å². The van der Waals surface area contributed by atoms with E-state index in [1.807, 2.05) is 24.3 Å². The SMILES string of the molecule is CC(=O)Oc1ccc2c(c1)CC[C@@H]1[C@@H]2CC[C@]2(C)[C@@H](OC(=O)CCc3ccccc3)CC[C@@H]12. The van der Waals surface area contributed by atoms with Crippen molar-refractivity contribution >= 4 is 11.9 Å². The molecule has 0 saturated heterocycles. The van der Waals surface area contributed by atoms with Crippen molar-refractivity contribution in [1.29, 1.82) is 0 Å². The molecular weight excluding hydrogens is 412 g/mol. The molecule has 0 bridgehead atoms. The highest BCUT2D eigenvalue weighted by Gasteiger charge is 2.56. The van der Waals surface area contributed by atoms with Crippen LogP contribution in [0.1, 0.15) is 75.0 Å². The fraction of sp³-hybridized carbons (Fsp3) is 0.517. The van der Waals surface area contributed by atoms with E-state index in [0.29, 0.717) is 29.9 Å². The quantitative estimate of drug-likeness (QED) is 0.417. The highest BCUT2D eigenvalue weighted by Crippen LogP contribution is 2.61. The monoisotopic (exact) mass is 446 g/mol. The van der Waals surface area contributed by atoms with Crippen molar-refractivity contribution in [2.75, 3.05) is 0 Å². The molecule has 3 aliphatic rings. The first kappa shape index (κ1) is 22.2. The van der Waals surface area contributed by atoms with Gasteiger partial charge in [0.1, 0.15) is 11.9 Å². The Kier molecular flexibility index (Phi) is 6.03. The topological polar surface area (TPSA) is 52.6 Å². The summed E-state index contributed by atoms with van der Waals surface area (Å²) in [6, 6.07) is 16.4. The molecular formula is C29H34O4. The second kappa shape index (κ2) is 8.96. The minimum atomic E-state index is -0.271. The number of carbonyl (C=O) groups excluding carboxylic acids is 2. The van der Waals surface area contributed by atoms with Crippen molar-refractivity contribution in [2.24, 2.45) is 17.3 Å². The fourth-order valence-corrected chi connectivity index (χ4v) is 7.04. The van der Waals surface area contributed by atoms with Gasteiger partial charge in [0.15, 0.2) is 0 Å². The number of aryl methyl sites for hydroxylation is 2. The smallest absolute Gasteiger partial charge is 0.308 e. The molecule has 4 heteroatoms. The molecule has 0 radical (unpaired) electrons. The molecule has 2 aromatic carbocycles. The van der Waals surface area contributed by atoms with Crippen LogP contribution < -0.4 is 4.74 Å². The summed E-state index contributed by atoms with van der Waals surface area (Å²) in [6.07, 6.45) is 7.79. The van der Waals surface area contributed by atoms with E-state index >= 15 is 0 Å². The first-order valence-electron chi connectivity index (χ1n) is 12.5. The minimum Gasteiger partial charge on any atom is -0.462 e. The summed E-state index contributed by atoms with van der Waals surface area (Å²) in [5, 5.41) is 0. The molecule has 0 spiro atoms. The highest BCUT2D eigenvalue weighted by atomic mass is 16.5. The first-order chi connectivity index (χ1) is 15.9. The Labute approximate surface area is 196 Å². The van der Waals surface area contributed by atoms with E-state index in [1.165, 1.54) is 23.6 Å². The molecule has 0 aliphatic heterocycles. The first-order valence-corrected chi connectivity index (χ1v) is 12.5. The standard InChI is InChI=1S/C29H34O4/c1-19(30)32-22-10-12-23-21(18-22)9-11-25-24(23)16-17-29(2)26(25)13-14-27(29)33-28(31)15-8-20-6-4-3-5-7-20/h3-7,10,12,18,24-27H,8-9,11,13-17H2,1-2H3/t24-,25-,26+,27+,29+/m1/s1. The number of ether oxygens (including phenoxy) is 2. The van der Waals surface area contributed by atoms with Crippen LogP contribution in [0.25, 0.3) is 0 Å². The average Bonchev–Trinajstić information content (AvgIpc) is 3.13. The van der Waals surface area contributed by atoms with Gasteiger partial charge in [0.25, 0.3) is 0 Å². The van der Waals surface area contributed by atoms with Gasteiger partial charge in [-0.2, -0.15) is 0 Å². The van der Waals surface area contributed by atoms with E-state index < -0.39 is 0 Å². The normalized spacial score (nSPS) is 30.0. The fourth-order valence-electron chi connectivity index (χ4n) is 7.04. The van der Waals surface area contributed by atoms with Gasteiger partial charge in [-0.3, -0.25) is 9.59 Å². The molecule has 3 aliphatic carbocycles. The molecule has 174 valence electrons. The zero-order valence-electron chi connectivity index (χ0n) is 19.7. The van der Waals surface area contributed by atoms with Crippen LogP contribution >= 0.6 is 0 Å². The number of carbonyl (C=O) groups is 2. The Balaban J connectivity index is 1.25. The summed E-state index contributed by atoms with van der Waals surface area (Å²) in [7, 11) is 0. The van der Waals surface area contributed by atoms with E-state index in [4.69, 9.17) is 9.47 Å². The number of hydrogen-bond acceptors (Lipinski definition) is 4. The Hall–Kier alpha value is -2.62. The largest absolute Gasteiger partial charge is 0.462 e. The molecule has 0 N–H and O–H groups in total. The van der Waals surface area contributed by atoms with E-state index in [9.17, 15) is 9.59 Å². The third-order valence-electron chi connectivity index (χ3n) is 8.61. The van der Waals surface area contributed by atoms with Crippen LogP contribution in [0.15, 0.2) is 48.5 Å². The van der Waals surface area contributed by atoms with Crippen molar-refractivity contribution < 1.29 is 19.1 Å². The molecule has 2 saturated carbocycles. The van der Waals surface area contributed by atoms with Crippen LogP contribution in [0, 0.1) is 17.3 Å². The van der Waals surface area contributed by atoms with Crippen LogP contribution in [0.4, 0.5) is 0 Å².